The first kappa shape index (κ1) is 33.2. The van der Waals surface area contributed by atoms with Gasteiger partial charge in [-0.25, -0.2) is 0 Å². The molecule has 0 N–H and O–H groups in total. The van der Waals surface area contributed by atoms with Crippen LogP contribution >= 0.6 is 0 Å². The topological polar surface area (TPSA) is 15.3 Å². The maximum absolute atomic E-state index is 2.55. The zero-order valence-electron chi connectivity index (χ0n) is 33.3. The summed E-state index contributed by atoms with van der Waals surface area (Å²) in [6.45, 7) is 4.41. The van der Waals surface area contributed by atoms with E-state index >= 15 is 0 Å². The molecular formula is C56H38N4. The van der Waals surface area contributed by atoms with E-state index in [9.17, 15) is 0 Å². The van der Waals surface area contributed by atoms with Crippen molar-refractivity contribution in [2.45, 2.75) is 13.8 Å². The molecule has 0 aliphatic rings. The maximum Gasteiger partial charge on any atom is 0.0634 e. The van der Waals surface area contributed by atoms with Crippen LogP contribution in [0.1, 0.15) is 11.1 Å². The Balaban J connectivity index is 1.20. The highest BCUT2D eigenvalue weighted by molar-refractivity contribution is 6.45. The van der Waals surface area contributed by atoms with Crippen molar-refractivity contribution in [1.82, 2.24) is 8.80 Å². The Labute approximate surface area is 346 Å². The number of aromatic nitrogens is 2. The van der Waals surface area contributed by atoms with Crippen molar-refractivity contribution in [2.75, 3.05) is 9.80 Å². The van der Waals surface area contributed by atoms with E-state index in [0.29, 0.717) is 0 Å². The van der Waals surface area contributed by atoms with E-state index in [0.717, 1.165) is 22.7 Å². The Morgan fingerprint density at radius 2 is 0.650 bits per heavy atom. The Bertz CT molecular complexity index is 3550. The lowest BCUT2D eigenvalue weighted by Gasteiger charge is -2.27. The van der Waals surface area contributed by atoms with Crippen molar-refractivity contribution in [3.63, 3.8) is 0 Å². The van der Waals surface area contributed by atoms with E-state index in [2.05, 4.69) is 227 Å². The quantitative estimate of drug-likeness (QED) is 0.167. The van der Waals surface area contributed by atoms with E-state index in [-0.39, 0.29) is 0 Å². The van der Waals surface area contributed by atoms with Crippen LogP contribution < -0.4 is 9.80 Å². The second-order valence-electron chi connectivity index (χ2n) is 16.2. The molecule has 0 bridgehead atoms. The van der Waals surface area contributed by atoms with Gasteiger partial charge in [-0.1, -0.05) is 109 Å². The second-order valence-corrected chi connectivity index (χ2v) is 16.2. The minimum absolute atomic E-state index is 1.14. The lowest BCUT2D eigenvalue weighted by Crippen LogP contribution is -2.11. The third-order valence-electron chi connectivity index (χ3n) is 13.0. The minimum Gasteiger partial charge on any atom is -0.310 e. The predicted molar refractivity (Wildman–Crippen MR) is 255 cm³/mol. The number of nitrogens with zero attached hydrogens (tertiary/aromatic N) is 4. The molecule has 282 valence electrons. The molecule has 4 nitrogen and oxygen atoms in total. The summed E-state index contributed by atoms with van der Waals surface area (Å²) < 4.78 is 5.10. The van der Waals surface area contributed by atoms with Gasteiger partial charge in [0.15, 0.2) is 0 Å². The van der Waals surface area contributed by atoms with Crippen LogP contribution in [-0.2, 0) is 0 Å². The van der Waals surface area contributed by atoms with Crippen molar-refractivity contribution in [2.24, 2.45) is 0 Å². The SMILES string of the molecule is Cc1ccccc1N(c1ccccc1)c1ccc2c(c1)c1c3c4ccccc4n4c5ccc(N(c6ccccc6)c6ccccc6C)cc5c(c5c6ccccc6n2c51)c34. The van der Waals surface area contributed by atoms with Crippen LogP contribution in [-0.4, -0.2) is 8.80 Å². The fraction of sp³-hybridized carbons (Fsp3) is 0.0357. The summed E-state index contributed by atoms with van der Waals surface area (Å²) in [5.41, 5.74) is 16.8. The Morgan fingerprint density at radius 3 is 1.08 bits per heavy atom. The summed E-state index contributed by atoms with van der Waals surface area (Å²) in [6, 6.07) is 71.2. The van der Waals surface area contributed by atoms with Gasteiger partial charge in [-0.2, -0.15) is 0 Å². The van der Waals surface area contributed by atoms with Crippen LogP contribution in [0.2, 0.25) is 0 Å². The number of benzene rings is 9. The molecule has 0 amide bonds. The molecule has 0 fully saturated rings. The molecule has 0 saturated carbocycles. The van der Waals surface area contributed by atoms with E-state index in [4.69, 9.17) is 0 Å². The van der Waals surface area contributed by atoms with Crippen LogP contribution in [0.3, 0.4) is 0 Å². The molecule has 4 aromatic heterocycles. The van der Waals surface area contributed by atoms with E-state index in [1.807, 2.05) is 0 Å². The molecule has 0 atom stereocenters. The fourth-order valence-corrected chi connectivity index (χ4v) is 10.5. The highest BCUT2D eigenvalue weighted by Crippen LogP contribution is 2.53. The molecular weight excluding hydrogens is 729 g/mol. The zero-order chi connectivity index (χ0) is 39.6. The molecule has 0 radical (unpaired) electrons. The third kappa shape index (κ3) is 4.39. The first-order valence-corrected chi connectivity index (χ1v) is 20.8. The molecule has 13 rings (SSSR count). The van der Waals surface area contributed by atoms with Gasteiger partial charge >= 0.3 is 0 Å². The smallest absolute Gasteiger partial charge is 0.0634 e. The standard InChI is InChI=1S/C56H38N4/c1-35-17-9-13-25-45(35)57(37-19-5-3-6-20-37)39-29-31-49-43(33-39)53-51-41-23-11-16-28-48(41)60-50-32-30-40(58(38-21-7-4-8-22-38)46-26-14-10-18-36(46)2)34-44(50)54(56(51)60)52-42-24-12-15-27-47(42)59(49)55(52)53/h3-34H,1-2H3. The molecule has 0 spiro atoms. The van der Waals surface area contributed by atoms with Gasteiger partial charge in [-0.3, -0.25) is 0 Å². The summed E-state index contributed by atoms with van der Waals surface area (Å²) in [5.74, 6) is 0. The van der Waals surface area contributed by atoms with Gasteiger partial charge in [0.05, 0.1) is 33.1 Å². The number of rotatable bonds is 6. The lowest BCUT2D eigenvalue weighted by molar-refractivity contribution is 1.25. The molecule has 60 heavy (non-hydrogen) atoms. The molecule has 9 aromatic carbocycles. The number of aryl methyl sites for hydroxylation is 2. The van der Waals surface area contributed by atoms with Gasteiger partial charge < -0.3 is 18.6 Å². The monoisotopic (exact) mass is 766 g/mol. The van der Waals surface area contributed by atoms with Crippen molar-refractivity contribution in [3.8, 4) is 0 Å². The Hall–Kier alpha value is -7.82. The van der Waals surface area contributed by atoms with Crippen molar-refractivity contribution < 1.29 is 0 Å². The molecule has 0 unspecified atom stereocenters. The van der Waals surface area contributed by atoms with Gasteiger partial charge in [0, 0.05) is 77.2 Å². The van der Waals surface area contributed by atoms with Crippen LogP contribution in [0.15, 0.2) is 194 Å². The Kier molecular flexibility index (Phi) is 6.83. The van der Waals surface area contributed by atoms with Gasteiger partial charge in [0.1, 0.15) is 0 Å². The van der Waals surface area contributed by atoms with E-state index in [1.54, 1.807) is 0 Å². The molecule has 4 heteroatoms. The van der Waals surface area contributed by atoms with Crippen LogP contribution in [0, 0.1) is 13.8 Å². The first-order chi connectivity index (χ1) is 29.7. The van der Waals surface area contributed by atoms with Gasteiger partial charge in [0.2, 0.25) is 0 Å². The second kappa shape index (κ2) is 12.3. The fourth-order valence-electron chi connectivity index (χ4n) is 10.5. The van der Waals surface area contributed by atoms with Crippen molar-refractivity contribution >= 4 is 110 Å². The third-order valence-corrected chi connectivity index (χ3v) is 13.0. The number of anilines is 6. The highest BCUT2D eigenvalue weighted by atomic mass is 15.2. The molecule has 13 aromatic rings. The zero-order valence-corrected chi connectivity index (χ0v) is 33.3. The van der Waals surface area contributed by atoms with Gasteiger partial charge in [0.25, 0.3) is 0 Å². The van der Waals surface area contributed by atoms with Crippen LogP contribution in [0.25, 0.3) is 76.2 Å². The summed E-state index contributed by atoms with van der Waals surface area (Å²) >= 11 is 0. The minimum atomic E-state index is 1.14. The summed E-state index contributed by atoms with van der Waals surface area (Å²) in [4.78, 5) is 4.83. The van der Waals surface area contributed by atoms with Gasteiger partial charge in [-0.05, 0) is 110 Å². The molecule has 0 saturated heterocycles. The summed E-state index contributed by atoms with van der Waals surface area (Å²) in [7, 11) is 0. The van der Waals surface area contributed by atoms with E-state index < -0.39 is 0 Å². The van der Waals surface area contributed by atoms with E-state index in [1.165, 1.54) is 98.7 Å². The van der Waals surface area contributed by atoms with Gasteiger partial charge in [-0.15, -0.1) is 0 Å². The number of hydrogen-bond acceptors (Lipinski definition) is 2. The molecule has 0 aliphatic heterocycles. The largest absolute Gasteiger partial charge is 0.310 e. The van der Waals surface area contributed by atoms with Crippen LogP contribution in [0.5, 0.6) is 0 Å². The number of para-hydroxylation sites is 6. The number of fused-ring (bicyclic) bond motifs is 14. The average Bonchev–Trinajstić information content (AvgIpc) is 4.02. The maximum atomic E-state index is 2.55. The Morgan fingerprint density at radius 1 is 0.300 bits per heavy atom. The lowest BCUT2D eigenvalue weighted by atomic mass is 9.97. The predicted octanol–water partition coefficient (Wildman–Crippen LogP) is 15.5. The molecule has 0 aliphatic carbocycles. The summed E-state index contributed by atoms with van der Waals surface area (Å²) in [6.07, 6.45) is 0. The summed E-state index contributed by atoms with van der Waals surface area (Å²) in [5, 5.41) is 10.3. The first-order valence-electron chi connectivity index (χ1n) is 20.8. The number of hydrogen-bond donors (Lipinski definition) is 0. The highest BCUT2D eigenvalue weighted by Gasteiger charge is 2.29. The molecule has 4 heterocycles. The average molecular weight is 767 g/mol. The van der Waals surface area contributed by atoms with Crippen LogP contribution in [0.4, 0.5) is 34.1 Å². The normalized spacial score (nSPS) is 12.2. The van der Waals surface area contributed by atoms with Crippen molar-refractivity contribution in [3.05, 3.63) is 205 Å². The van der Waals surface area contributed by atoms with Crippen molar-refractivity contribution in [1.29, 1.82) is 0 Å².